The Balaban J connectivity index is 1.34. The van der Waals surface area contributed by atoms with E-state index in [1.165, 1.54) is 23.1 Å². The van der Waals surface area contributed by atoms with Crippen molar-refractivity contribution in [3.05, 3.63) is 93.0 Å². The van der Waals surface area contributed by atoms with Gasteiger partial charge in [0.2, 0.25) is 5.91 Å². The van der Waals surface area contributed by atoms with Gasteiger partial charge >= 0.3 is 6.03 Å². The van der Waals surface area contributed by atoms with Crippen molar-refractivity contribution in [3.63, 3.8) is 0 Å². The lowest BCUT2D eigenvalue weighted by Gasteiger charge is -2.14. The van der Waals surface area contributed by atoms with Crippen molar-refractivity contribution in [1.29, 1.82) is 0 Å². The number of urea groups is 1. The highest BCUT2D eigenvalue weighted by Gasteiger charge is 2.15. The van der Waals surface area contributed by atoms with E-state index in [-0.39, 0.29) is 33.9 Å². The quantitative estimate of drug-likeness (QED) is 0.0822. The summed E-state index contributed by atoms with van der Waals surface area (Å²) in [6.45, 7) is 4.68. The van der Waals surface area contributed by atoms with Crippen LogP contribution in [-0.2, 0) is 17.8 Å². The molecule has 0 unspecified atom stereocenters. The molecule has 3 amide bonds. The molecule has 13 heteroatoms. The monoisotopic (exact) mass is 721 g/mol. The third kappa shape index (κ3) is 11.7. The van der Waals surface area contributed by atoms with E-state index in [9.17, 15) is 14.4 Å². The molecule has 0 radical (unpaired) electrons. The third-order valence-corrected chi connectivity index (χ3v) is 8.77. The Bertz CT molecular complexity index is 1780. The molecule has 0 bridgehead atoms. The van der Waals surface area contributed by atoms with Crippen molar-refractivity contribution in [2.24, 2.45) is 0 Å². The second kappa shape index (κ2) is 19.8. The Morgan fingerprint density at radius 2 is 1.56 bits per heavy atom. The number of likely N-dealkylation sites (N-methyl/N-ethyl adjacent to an activating group) is 1. The first-order valence-electron chi connectivity index (χ1n) is 16.9. The zero-order valence-electron chi connectivity index (χ0n) is 28.6. The number of amides is 3. The molecule has 11 nitrogen and oxygen atoms in total. The summed E-state index contributed by atoms with van der Waals surface area (Å²) in [5.41, 5.74) is 4.01. The number of aliphatic hydroxyl groups is 1. The van der Waals surface area contributed by atoms with E-state index in [4.69, 9.17) is 28.3 Å². The van der Waals surface area contributed by atoms with Gasteiger partial charge in [0.05, 0.1) is 28.0 Å². The summed E-state index contributed by atoms with van der Waals surface area (Å²) in [7, 11) is 2.02. The number of nitrogens with zero attached hydrogens (tertiary/aromatic N) is 4. The summed E-state index contributed by atoms with van der Waals surface area (Å²) in [6, 6.07) is 16.7. The number of rotatable bonds is 18. The molecular weight excluding hydrogens is 677 g/mol. The van der Waals surface area contributed by atoms with Gasteiger partial charge in [-0.3, -0.25) is 14.6 Å². The van der Waals surface area contributed by atoms with Crippen LogP contribution in [0, 0.1) is 0 Å². The zero-order valence-corrected chi connectivity index (χ0v) is 30.1. The van der Waals surface area contributed by atoms with Crippen LogP contribution in [0.3, 0.4) is 0 Å². The number of aliphatic hydroxyl groups excluding tert-OH is 1. The molecule has 0 atom stereocenters. The number of pyridine rings is 1. The first-order chi connectivity index (χ1) is 24.2. The van der Waals surface area contributed by atoms with Crippen LogP contribution in [0.4, 0.5) is 16.2 Å². The van der Waals surface area contributed by atoms with Crippen molar-refractivity contribution < 1.29 is 14.7 Å². The maximum absolute atomic E-state index is 13.1. The van der Waals surface area contributed by atoms with E-state index in [1.807, 2.05) is 49.5 Å². The first-order valence-corrected chi connectivity index (χ1v) is 17.7. The highest BCUT2D eigenvalue weighted by atomic mass is 35.5. The molecule has 50 heavy (non-hydrogen) atoms. The van der Waals surface area contributed by atoms with Gasteiger partial charge < -0.3 is 26.0 Å². The normalized spacial score (nSPS) is 11.1. The van der Waals surface area contributed by atoms with Gasteiger partial charge in [0, 0.05) is 44.0 Å². The number of hydrogen-bond donors (Lipinski definition) is 4. The Morgan fingerprint density at radius 3 is 2.30 bits per heavy atom. The van der Waals surface area contributed by atoms with Crippen LogP contribution < -0.4 is 21.5 Å². The summed E-state index contributed by atoms with van der Waals surface area (Å²) in [5.74, 6) is 0.0465. The molecule has 2 heterocycles. The minimum Gasteiger partial charge on any atom is -0.395 e. The topological polar surface area (TPSA) is 141 Å². The average molecular weight is 723 g/mol. The lowest BCUT2D eigenvalue weighted by atomic mass is 9.98. The van der Waals surface area contributed by atoms with Crippen molar-refractivity contribution >= 4 is 46.5 Å². The summed E-state index contributed by atoms with van der Waals surface area (Å²) < 4.78 is 1.29. The smallest absolute Gasteiger partial charge is 0.323 e. The molecule has 0 aliphatic rings. The number of carbonyl (C=O) groups excluding carboxylic acids is 2. The van der Waals surface area contributed by atoms with Crippen LogP contribution in [0.5, 0.6) is 0 Å². The molecule has 0 aliphatic heterocycles. The van der Waals surface area contributed by atoms with Gasteiger partial charge in [-0.25, -0.2) is 9.48 Å². The molecule has 4 rings (SSSR count). The van der Waals surface area contributed by atoms with Crippen molar-refractivity contribution in [2.75, 3.05) is 43.9 Å². The molecule has 4 aromatic rings. The molecule has 0 saturated heterocycles. The van der Waals surface area contributed by atoms with Crippen molar-refractivity contribution in [3.8, 4) is 22.4 Å². The van der Waals surface area contributed by atoms with E-state index in [0.717, 1.165) is 60.9 Å². The van der Waals surface area contributed by atoms with E-state index < -0.39 is 11.6 Å². The van der Waals surface area contributed by atoms with E-state index in [1.54, 1.807) is 6.92 Å². The molecule has 2 aromatic carbocycles. The Kier molecular flexibility index (Phi) is 15.2. The predicted molar refractivity (Wildman–Crippen MR) is 201 cm³/mol. The largest absolute Gasteiger partial charge is 0.395 e. The van der Waals surface area contributed by atoms with E-state index in [2.05, 4.69) is 37.0 Å². The Hall–Kier alpha value is -4.29. The number of carbonyl (C=O) groups is 2. The summed E-state index contributed by atoms with van der Waals surface area (Å²) >= 11 is 12.3. The Labute approximate surface area is 303 Å². The lowest BCUT2D eigenvalue weighted by Crippen LogP contribution is -2.29. The minimum atomic E-state index is -0.693. The summed E-state index contributed by atoms with van der Waals surface area (Å²) in [6.07, 6.45) is 9.21. The number of benzene rings is 2. The van der Waals surface area contributed by atoms with Gasteiger partial charge in [0.15, 0.2) is 0 Å². The fourth-order valence-electron chi connectivity index (χ4n) is 5.44. The van der Waals surface area contributed by atoms with Crippen LogP contribution in [0.25, 0.3) is 22.4 Å². The zero-order chi connectivity index (χ0) is 35.9. The number of unbranched alkanes of at least 4 members (excludes halogenated alkanes) is 4. The summed E-state index contributed by atoms with van der Waals surface area (Å²) in [4.78, 5) is 44.4. The fraction of sp³-hybridized carbons (Fsp3) is 0.378. The van der Waals surface area contributed by atoms with E-state index >= 15 is 0 Å². The van der Waals surface area contributed by atoms with Gasteiger partial charge in [0.25, 0.3) is 5.56 Å². The second-order valence-corrected chi connectivity index (χ2v) is 12.9. The van der Waals surface area contributed by atoms with Gasteiger partial charge in [0.1, 0.15) is 5.69 Å². The molecule has 0 aliphatic carbocycles. The molecule has 4 N–H and O–H groups in total. The molecule has 266 valence electrons. The van der Waals surface area contributed by atoms with Crippen LogP contribution in [0.2, 0.25) is 10.0 Å². The molecule has 0 spiro atoms. The first kappa shape index (κ1) is 38.5. The summed E-state index contributed by atoms with van der Waals surface area (Å²) in [5, 5.41) is 22.0. The van der Waals surface area contributed by atoms with Gasteiger partial charge in [-0.05, 0) is 68.6 Å². The molecule has 0 saturated carbocycles. The number of halogens is 2. The molecular formula is C37H45Cl2N7O4. The van der Waals surface area contributed by atoms with Crippen molar-refractivity contribution in [1.82, 2.24) is 25.0 Å². The average Bonchev–Trinajstić information content (AvgIpc) is 3.11. The van der Waals surface area contributed by atoms with Crippen LogP contribution >= 0.6 is 23.2 Å². The van der Waals surface area contributed by atoms with Crippen LogP contribution in [-0.4, -0.2) is 70.0 Å². The van der Waals surface area contributed by atoms with Crippen molar-refractivity contribution in [2.45, 2.75) is 58.4 Å². The molecule has 0 fully saturated rings. The van der Waals surface area contributed by atoms with Crippen LogP contribution in [0.1, 0.15) is 51.0 Å². The third-order valence-electron chi connectivity index (χ3n) is 8.19. The SMILES string of the molecule is CCn1nc(-c2cccc(-c3cccc(CCC(=O)NCCCCCCCN(C)CCO)c3)c2)cc(NC(=O)Nc2c(Cl)cncc2Cl)c1=O. The highest BCUT2D eigenvalue weighted by Crippen LogP contribution is 2.29. The number of aromatic nitrogens is 3. The van der Waals surface area contributed by atoms with Gasteiger partial charge in [-0.15, -0.1) is 0 Å². The fourth-order valence-corrected chi connectivity index (χ4v) is 5.90. The Morgan fingerprint density at radius 1 is 0.880 bits per heavy atom. The maximum Gasteiger partial charge on any atom is 0.323 e. The highest BCUT2D eigenvalue weighted by molar-refractivity contribution is 6.39. The number of nitrogens with one attached hydrogen (secondary N) is 3. The number of aryl methyl sites for hydroxylation is 2. The van der Waals surface area contributed by atoms with Crippen LogP contribution in [0.15, 0.2) is 71.8 Å². The maximum atomic E-state index is 13.1. The van der Waals surface area contributed by atoms with Gasteiger partial charge in [-0.2, -0.15) is 5.10 Å². The molecule has 2 aromatic heterocycles. The van der Waals surface area contributed by atoms with Gasteiger partial charge in [-0.1, -0.05) is 84.9 Å². The standard InChI is InChI=1S/C37H45Cl2N7O4/c1-3-46-36(49)33(42-37(50)43-35-30(38)24-40-25-31(35)39)23-32(44-46)29-14-10-13-28(22-29)27-12-9-11-26(21-27)15-16-34(48)41-17-7-5-4-6-8-18-45(2)19-20-47/h9-14,21-25,47H,3-8,15-20H2,1-2H3,(H,41,48)(H2,40,42,43,50). The second-order valence-electron chi connectivity index (χ2n) is 12.0. The number of hydrogen-bond acceptors (Lipinski definition) is 7. The lowest BCUT2D eigenvalue weighted by molar-refractivity contribution is -0.121. The van der Waals surface area contributed by atoms with E-state index in [0.29, 0.717) is 38.2 Å². The predicted octanol–water partition coefficient (Wildman–Crippen LogP) is 6.87. The number of anilines is 2. The minimum absolute atomic E-state index is 0.0414.